The van der Waals surface area contributed by atoms with Crippen LogP contribution in [0, 0.1) is 17.3 Å². The molecule has 6 atom stereocenters. The molecular weight excluding hydrogens is 376 g/mol. The number of aliphatic hydroxyl groups excluding tert-OH is 1. The van der Waals surface area contributed by atoms with Crippen molar-refractivity contribution in [3.63, 3.8) is 0 Å². The lowest BCUT2D eigenvalue weighted by Gasteiger charge is -2.25. The number of ether oxygens (including phenoxy) is 1. The van der Waals surface area contributed by atoms with E-state index < -0.39 is 17.5 Å². The minimum atomic E-state index is -0.745. The van der Waals surface area contributed by atoms with Gasteiger partial charge in [-0.05, 0) is 57.4 Å². The summed E-state index contributed by atoms with van der Waals surface area (Å²) in [4.78, 5) is 11.2. The van der Waals surface area contributed by atoms with Crippen LogP contribution in [0.5, 0.6) is 0 Å². The molecule has 0 saturated carbocycles. The zero-order valence-electron chi connectivity index (χ0n) is 18.4. The van der Waals surface area contributed by atoms with Crippen LogP contribution in [-0.4, -0.2) is 34.5 Å². The highest BCUT2D eigenvalue weighted by Gasteiger charge is 2.46. The van der Waals surface area contributed by atoms with Crippen LogP contribution in [0.3, 0.4) is 0 Å². The Morgan fingerprint density at radius 1 is 1.20 bits per heavy atom. The van der Waals surface area contributed by atoms with Crippen molar-refractivity contribution in [3.05, 3.63) is 60.2 Å². The first-order valence-corrected chi connectivity index (χ1v) is 11.2. The second-order valence-electron chi connectivity index (χ2n) is 9.54. The van der Waals surface area contributed by atoms with Gasteiger partial charge in [-0.1, -0.05) is 61.6 Å². The molecule has 4 nitrogen and oxygen atoms in total. The molecule has 2 saturated heterocycles. The van der Waals surface area contributed by atoms with Crippen molar-refractivity contribution in [1.82, 2.24) is 0 Å². The molecular formula is C26H36O4. The molecule has 1 aromatic carbocycles. The summed E-state index contributed by atoms with van der Waals surface area (Å²) >= 11 is 0. The monoisotopic (exact) mass is 412 g/mol. The van der Waals surface area contributed by atoms with Crippen LogP contribution < -0.4 is 0 Å². The molecule has 4 heteroatoms. The van der Waals surface area contributed by atoms with E-state index in [1.807, 2.05) is 24.3 Å². The number of carbonyl (C=O) groups is 1. The first-order valence-electron chi connectivity index (χ1n) is 11.2. The molecule has 2 N–H and O–H groups in total. The second kappa shape index (κ2) is 9.93. The van der Waals surface area contributed by atoms with E-state index in [0.29, 0.717) is 24.4 Å². The highest BCUT2D eigenvalue weighted by molar-refractivity contribution is 5.73. The van der Waals surface area contributed by atoms with Gasteiger partial charge in [0.1, 0.15) is 0 Å². The van der Waals surface area contributed by atoms with Gasteiger partial charge in [0.05, 0.1) is 23.7 Å². The largest absolute Gasteiger partial charge is 0.481 e. The van der Waals surface area contributed by atoms with Gasteiger partial charge in [0, 0.05) is 11.8 Å². The molecule has 2 heterocycles. The molecule has 2 fully saturated rings. The molecule has 0 aromatic heterocycles. The van der Waals surface area contributed by atoms with E-state index in [9.17, 15) is 15.0 Å². The normalized spacial score (nSPS) is 28.4. The predicted octanol–water partition coefficient (Wildman–Crippen LogP) is 5.34. The third-order valence-corrected chi connectivity index (χ3v) is 6.94. The first-order chi connectivity index (χ1) is 14.3. The highest BCUT2D eigenvalue weighted by atomic mass is 16.5. The zero-order chi connectivity index (χ0) is 21.7. The maximum atomic E-state index is 11.2. The van der Waals surface area contributed by atoms with E-state index >= 15 is 0 Å². The maximum absolute atomic E-state index is 11.2. The molecule has 0 spiro atoms. The molecule has 2 aliphatic rings. The van der Waals surface area contributed by atoms with Gasteiger partial charge >= 0.3 is 5.97 Å². The second-order valence-corrected chi connectivity index (χ2v) is 9.54. The van der Waals surface area contributed by atoms with Crippen molar-refractivity contribution in [2.24, 2.45) is 17.3 Å². The number of hydrogen-bond acceptors (Lipinski definition) is 3. The number of fused-ring (bicyclic) bond motifs is 2. The van der Waals surface area contributed by atoms with Gasteiger partial charge in [-0.25, -0.2) is 0 Å². The number of benzene rings is 1. The lowest BCUT2D eigenvalue weighted by molar-refractivity contribution is -0.147. The van der Waals surface area contributed by atoms with Crippen LogP contribution >= 0.6 is 0 Å². The zero-order valence-corrected chi connectivity index (χ0v) is 18.4. The molecule has 0 aliphatic carbocycles. The summed E-state index contributed by atoms with van der Waals surface area (Å²) in [5.74, 6) is 0.0771. The van der Waals surface area contributed by atoms with E-state index in [2.05, 4.69) is 37.3 Å². The highest BCUT2D eigenvalue weighted by Crippen LogP contribution is 2.46. The molecule has 2 aliphatic heterocycles. The van der Waals surface area contributed by atoms with Crippen LogP contribution in [-0.2, 0) is 9.53 Å². The van der Waals surface area contributed by atoms with Gasteiger partial charge in [0.25, 0.3) is 0 Å². The van der Waals surface area contributed by atoms with Crippen molar-refractivity contribution >= 4 is 5.97 Å². The van der Waals surface area contributed by atoms with Crippen molar-refractivity contribution in [2.75, 3.05) is 0 Å². The average Bonchev–Trinajstić information content (AvgIpc) is 3.33. The number of allylic oxidation sites excluding steroid dienone is 2. The average molecular weight is 413 g/mol. The van der Waals surface area contributed by atoms with Gasteiger partial charge in [-0.15, -0.1) is 0 Å². The third-order valence-electron chi connectivity index (χ3n) is 6.94. The van der Waals surface area contributed by atoms with Crippen molar-refractivity contribution in [2.45, 2.75) is 77.1 Å². The van der Waals surface area contributed by atoms with Gasteiger partial charge in [0.2, 0.25) is 0 Å². The van der Waals surface area contributed by atoms with E-state index in [4.69, 9.17) is 4.74 Å². The number of aliphatic hydroxyl groups is 1. The number of carboxylic acid groups (broad SMARTS) is 1. The minimum Gasteiger partial charge on any atom is -0.481 e. The molecule has 2 unspecified atom stereocenters. The van der Waals surface area contributed by atoms with E-state index in [-0.39, 0.29) is 12.0 Å². The fourth-order valence-corrected chi connectivity index (χ4v) is 4.67. The Morgan fingerprint density at radius 2 is 1.90 bits per heavy atom. The third kappa shape index (κ3) is 5.41. The number of hydrogen-bond donors (Lipinski definition) is 2. The lowest BCUT2D eigenvalue weighted by atomic mass is 9.77. The van der Waals surface area contributed by atoms with E-state index in [0.717, 1.165) is 31.2 Å². The SMILES string of the molecule is C[C@@H](c1ccccc1)[C@H](O)/C=C/[C@@H]1C2CCC(O2)[C@@H]1C/C=C\CCC(C)(C)C(=O)O. The molecule has 2 bridgehead atoms. The van der Waals surface area contributed by atoms with Gasteiger partial charge in [-0.3, -0.25) is 4.79 Å². The summed E-state index contributed by atoms with van der Waals surface area (Å²) in [6.45, 7) is 5.60. The molecule has 1 aromatic rings. The van der Waals surface area contributed by atoms with Crippen molar-refractivity contribution in [3.8, 4) is 0 Å². The van der Waals surface area contributed by atoms with Crippen molar-refractivity contribution in [1.29, 1.82) is 0 Å². The summed E-state index contributed by atoms with van der Waals surface area (Å²) in [6.07, 6.45) is 13.0. The van der Waals surface area contributed by atoms with E-state index in [1.54, 1.807) is 13.8 Å². The molecule has 30 heavy (non-hydrogen) atoms. The van der Waals surface area contributed by atoms with Crippen LogP contribution in [0.4, 0.5) is 0 Å². The first kappa shape index (κ1) is 22.8. The Kier molecular flexibility index (Phi) is 7.54. The van der Waals surface area contributed by atoms with Crippen LogP contribution in [0.25, 0.3) is 0 Å². The van der Waals surface area contributed by atoms with Crippen LogP contribution in [0.2, 0.25) is 0 Å². The Labute approximate surface area is 180 Å². The predicted molar refractivity (Wildman–Crippen MR) is 119 cm³/mol. The minimum absolute atomic E-state index is 0.0536. The Balaban J connectivity index is 1.55. The standard InChI is InChI=1S/C26H36O4/c1-18(19-10-6-4-7-11-19)22(27)14-13-21-20(23-15-16-24(21)30-23)12-8-5-9-17-26(2,3)25(28)29/h4-8,10-11,13-14,18,20-24,27H,9,12,15-17H2,1-3H3,(H,28,29)/b8-5-,14-13+/t18-,20+,21-,22+,23?,24?/m0/s1. The summed E-state index contributed by atoms with van der Waals surface area (Å²) in [5, 5.41) is 19.9. The lowest BCUT2D eigenvalue weighted by Crippen LogP contribution is -2.26. The summed E-state index contributed by atoms with van der Waals surface area (Å²) in [5.41, 5.74) is 0.458. The Bertz CT molecular complexity index is 752. The molecule has 0 amide bonds. The number of rotatable bonds is 10. The Morgan fingerprint density at radius 3 is 2.60 bits per heavy atom. The summed E-state index contributed by atoms with van der Waals surface area (Å²) < 4.78 is 6.17. The van der Waals surface area contributed by atoms with Gasteiger partial charge < -0.3 is 14.9 Å². The molecule has 3 rings (SSSR count). The number of carboxylic acids is 1. The fourth-order valence-electron chi connectivity index (χ4n) is 4.67. The fraction of sp³-hybridized carbons (Fsp3) is 0.577. The topological polar surface area (TPSA) is 66.8 Å². The smallest absolute Gasteiger partial charge is 0.309 e. The number of aliphatic carboxylic acids is 1. The molecule has 0 radical (unpaired) electrons. The van der Waals surface area contributed by atoms with Gasteiger partial charge in [0.15, 0.2) is 0 Å². The Hall–Kier alpha value is -1.91. The summed E-state index contributed by atoms with van der Waals surface area (Å²) in [7, 11) is 0. The van der Waals surface area contributed by atoms with Crippen molar-refractivity contribution < 1.29 is 19.7 Å². The van der Waals surface area contributed by atoms with Crippen LogP contribution in [0.15, 0.2) is 54.6 Å². The van der Waals surface area contributed by atoms with E-state index in [1.165, 1.54) is 0 Å². The quantitative estimate of drug-likeness (QED) is 0.509. The maximum Gasteiger partial charge on any atom is 0.309 e. The molecule has 164 valence electrons. The van der Waals surface area contributed by atoms with Crippen LogP contribution in [0.1, 0.15) is 64.4 Å². The van der Waals surface area contributed by atoms with Gasteiger partial charge in [-0.2, -0.15) is 0 Å². The summed E-state index contributed by atoms with van der Waals surface area (Å²) in [6, 6.07) is 10.1.